The highest BCUT2D eigenvalue weighted by molar-refractivity contribution is 7.99. The number of anilines is 1. The SMILES string of the molecule is O=C(CSc1nnc(N2CCCC2)n1-c1cccc(Cl)c1)N1CCc2[nH]c3ccccc3c2C1. The quantitative estimate of drug-likeness (QED) is 0.410. The third-order valence-electron chi connectivity index (χ3n) is 6.63. The number of nitrogens with zero attached hydrogens (tertiary/aromatic N) is 5. The first-order valence-corrected chi connectivity index (χ1v) is 13.0. The van der Waals surface area contributed by atoms with Crippen molar-refractivity contribution in [3.8, 4) is 5.69 Å². The van der Waals surface area contributed by atoms with Gasteiger partial charge in [0.15, 0.2) is 5.16 Å². The molecule has 9 heteroatoms. The van der Waals surface area contributed by atoms with Crippen molar-refractivity contribution >= 4 is 46.1 Å². The van der Waals surface area contributed by atoms with Crippen molar-refractivity contribution in [3.05, 3.63) is 64.8 Å². The summed E-state index contributed by atoms with van der Waals surface area (Å²) < 4.78 is 2.03. The van der Waals surface area contributed by atoms with E-state index < -0.39 is 0 Å². The van der Waals surface area contributed by atoms with Crippen LogP contribution in [-0.2, 0) is 17.8 Å². The van der Waals surface area contributed by atoms with Crippen LogP contribution in [0.2, 0.25) is 5.02 Å². The average Bonchev–Trinajstić information content (AvgIpc) is 3.60. The molecule has 0 aliphatic carbocycles. The van der Waals surface area contributed by atoms with Crippen molar-refractivity contribution in [2.45, 2.75) is 31.0 Å². The highest BCUT2D eigenvalue weighted by Crippen LogP contribution is 2.31. The fourth-order valence-corrected chi connectivity index (χ4v) is 5.95. The number of halogens is 1. The van der Waals surface area contributed by atoms with Gasteiger partial charge < -0.3 is 14.8 Å². The van der Waals surface area contributed by atoms with Crippen LogP contribution in [0, 0.1) is 0 Å². The Morgan fingerprint density at radius 1 is 1.06 bits per heavy atom. The Kier molecular flexibility index (Phi) is 5.71. The van der Waals surface area contributed by atoms with Gasteiger partial charge >= 0.3 is 0 Å². The second-order valence-corrected chi connectivity index (χ2v) is 10.2. The van der Waals surface area contributed by atoms with E-state index in [-0.39, 0.29) is 5.91 Å². The first-order chi connectivity index (χ1) is 16.7. The minimum atomic E-state index is 0.115. The van der Waals surface area contributed by atoms with Crippen LogP contribution in [0.1, 0.15) is 24.1 Å². The lowest BCUT2D eigenvalue weighted by Gasteiger charge is -2.27. The van der Waals surface area contributed by atoms with Gasteiger partial charge in [0, 0.05) is 59.8 Å². The van der Waals surface area contributed by atoms with Gasteiger partial charge in [-0.1, -0.05) is 47.6 Å². The van der Waals surface area contributed by atoms with E-state index in [4.69, 9.17) is 11.6 Å². The van der Waals surface area contributed by atoms with Crippen LogP contribution in [0.25, 0.3) is 16.6 Å². The Bertz CT molecular complexity index is 1360. The molecule has 1 fully saturated rings. The monoisotopic (exact) mass is 492 g/mol. The molecule has 2 aliphatic heterocycles. The third kappa shape index (κ3) is 3.95. The molecular formula is C25H25ClN6OS. The van der Waals surface area contributed by atoms with E-state index >= 15 is 0 Å². The highest BCUT2D eigenvalue weighted by atomic mass is 35.5. The fourth-order valence-electron chi connectivity index (χ4n) is 4.92. The van der Waals surface area contributed by atoms with Gasteiger partial charge in [0.1, 0.15) is 0 Å². The van der Waals surface area contributed by atoms with E-state index in [0.29, 0.717) is 22.5 Å². The van der Waals surface area contributed by atoms with Crippen LogP contribution in [0.3, 0.4) is 0 Å². The van der Waals surface area contributed by atoms with Crippen molar-refractivity contribution in [2.75, 3.05) is 30.3 Å². The van der Waals surface area contributed by atoms with E-state index in [0.717, 1.165) is 56.0 Å². The van der Waals surface area contributed by atoms with Gasteiger partial charge in [0.2, 0.25) is 11.9 Å². The van der Waals surface area contributed by atoms with Gasteiger partial charge in [-0.2, -0.15) is 0 Å². The molecule has 174 valence electrons. The largest absolute Gasteiger partial charge is 0.358 e. The van der Waals surface area contributed by atoms with Crippen LogP contribution in [0.5, 0.6) is 0 Å². The molecule has 1 saturated heterocycles. The average molecular weight is 493 g/mol. The Labute approximate surface area is 207 Å². The summed E-state index contributed by atoms with van der Waals surface area (Å²) in [4.78, 5) is 20.9. The number of aromatic amines is 1. The summed E-state index contributed by atoms with van der Waals surface area (Å²) in [5, 5.41) is 11.5. The lowest BCUT2D eigenvalue weighted by Crippen LogP contribution is -2.37. The smallest absolute Gasteiger partial charge is 0.233 e. The Hall–Kier alpha value is -2.97. The minimum absolute atomic E-state index is 0.115. The van der Waals surface area contributed by atoms with Crippen molar-refractivity contribution in [3.63, 3.8) is 0 Å². The fraction of sp³-hybridized carbons (Fsp3) is 0.320. The number of aromatic nitrogens is 4. The van der Waals surface area contributed by atoms with Crippen molar-refractivity contribution in [1.29, 1.82) is 0 Å². The lowest BCUT2D eigenvalue weighted by molar-refractivity contribution is -0.129. The highest BCUT2D eigenvalue weighted by Gasteiger charge is 2.26. The van der Waals surface area contributed by atoms with Gasteiger partial charge in [0.25, 0.3) is 0 Å². The number of para-hydroxylation sites is 1. The summed E-state index contributed by atoms with van der Waals surface area (Å²) >= 11 is 7.73. The molecule has 1 N–H and O–H groups in total. The van der Waals surface area contributed by atoms with Crippen LogP contribution >= 0.6 is 23.4 Å². The summed E-state index contributed by atoms with van der Waals surface area (Å²) in [6.07, 6.45) is 3.14. The number of H-pyrrole nitrogens is 1. The maximum absolute atomic E-state index is 13.2. The van der Waals surface area contributed by atoms with E-state index in [2.05, 4.69) is 32.2 Å². The number of rotatable bonds is 5. The summed E-state index contributed by atoms with van der Waals surface area (Å²) in [6.45, 7) is 3.28. The normalized spacial score (nSPS) is 15.8. The van der Waals surface area contributed by atoms with Crippen LogP contribution in [0.4, 0.5) is 5.95 Å². The molecule has 6 rings (SSSR count). The molecule has 7 nitrogen and oxygen atoms in total. The zero-order chi connectivity index (χ0) is 23.1. The molecule has 0 radical (unpaired) electrons. The van der Waals surface area contributed by atoms with Gasteiger partial charge in [0.05, 0.1) is 11.4 Å². The Morgan fingerprint density at radius 2 is 1.91 bits per heavy atom. The zero-order valence-corrected chi connectivity index (χ0v) is 20.3. The molecule has 2 aromatic heterocycles. The molecule has 0 spiro atoms. The topological polar surface area (TPSA) is 70.1 Å². The maximum Gasteiger partial charge on any atom is 0.233 e. The van der Waals surface area contributed by atoms with E-state index in [1.54, 1.807) is 0 Å². The van der Waals surface area contributed by atoms with Gasteiger partial charge in [-0.3, -0.25) is 9.36 Å². The second-order valence-electron chi connectivity index (χ2n) is 8.77. The number of thioether (sulfide) groups is 1. The number of benzene rings is 2. The number of carbonyl (C=O) groups is 1. The van der Waals surface area contributed by atoms with E-state index in [9.17, 15) is 4.79 Å². The van der Waals surface area contributed by atoms with Crippen LogP contribution < -0.4 is 4.90 Å². The standard InChI is InChI=1S/C25H25ClN6OS/c26-17-6-5-7-18(14-17)32-24(30-11-3-4-12-30)28-29-25(32)34-16-23(33)31-13-10-22-20(15-31)19-8-1-2-9-21(19)27-22/h1-2,5-9,14,27H,3-4,10-13,15-16H2. The molecule has 4 heterocycles. The predicted molar refractivity (Wildman–Crippen MR) is 136 cm³/mol. The zero-order valence-electron chi connectivity index (χ0n) is 18.7. The van der Waals surface area contributed by atoms with Crippen molar-refractivity contribution < 1.29 is 4.79 Å². The number of amides is 1. The summed E-state index contributed by atoms with van der Waals surface area (Å²) in [7, 11) is 0. The number of fused-ring (bicyclic) bond motifs is 3. The minimum Gasteiger partial charge on any atom is -0.358 e. The Morgan fingerprint density at radius 3 is 2.76 bits per heavy atom. The first kappa shape index (κ1) is 21.6. The molecule has 2 aromatic carbocycles. The van der Waals surface area contributed by atoms with Gasteiger partial charge in [-0.05, 0) is 37.1 Å². The van der Waals surface area contributed by atoms with Crippen LogP contribution in [0.15, 0.2) is 53.7 Å². The number of hydrogen-bond acceptors (Lipinski definition) is 5. The molecule has 0 atom stereocenters. The second kappa shape index (κ2) is 9.00. The Balaban J connectivity index is 1.22. The summed E-state index contributed by atoms with van der Waals surface area (Å²) in [5.74, 6) is 1.25. The molecule has 4 aromatic rings. The molecule has 0 bridgehead atoms. The van der Waals surface area contributed by atoms with Gasteiger partial charge in [-0.15, -0.1) is 10.2 Å². The first-order valence-electron chi connectivity index (χ1n) is 11.6. The number of nitrogens with one attached hydrogen (secondary N) is 1. The number of hydrogen-bond donors (Lipinski definition) is 1. The molecule has 2 aliphatic rings. The molecule has 1 amide bonds. The van der Waals surface area contributed by atoms with E-state index in [1.165, 1.54) is 28.4 Å². The maximum atomic E-state index is 13.2. The van der Waals surface area contributed by atoms with Crippen LogP contribution in [-0.4, -0.2) is 55.9 Å². The summed E-state index contributed by atoms with van der Waals surface area (Å²) in [5.41, 5.74) is 4.53. The molecular weight excluding hydrogens is 468 g/mol. The van der Waals surface area contributed by atoms with Crippen molar-refractivity contribution in [1.82, 2.24) is 24.6 Å². The molecule has 0 saturated carbocycles. The summed E-state index contributed by atoms with van der Waals surface area (Å²) in [6, 6.07) is 16.0. The molecule has 0 unspecified atom stereocenters. The van der Waals surface area contributed by atoms with Gasteiger partial charge in [-0.25, -0.2) is 0 Å². The number of carbonyl (C=O) groups excluding carboxylic acids is 1. The van der Waals surface area contributed by atoms with E-state index in [1.807, 2.05) is 45.9 Å². The van der Waals surface area contributed by atoms with Crippen molar-refractivity contribution in [2.24, 2.45) is 0 Å². The molecule has 34 heavy (non-hydrogen) atoms. The predicted octanol–water partition coefficient (Wildman–Crippen LogP) is 4.68. The lowest BCUT2D eigenvalue weighted by atomic mass is 10.0. The third-order valence-corrected chi connectivity index (χ3v) is 7.78.